The number of rotatable bonds is 3. The Hall–Kier alpha value is -0.510. The summed E-state index contributed by atoms with van der Waals surface area (Å²) in [7, 11) is 0. The molecule has 16 heavy (non-hydrogen) atoms. The number of halogens is 2. The molecule has 2 rings (SSSR count). The topological polar surface area (TPSA) is 34.2 Å². The van der Waals surface area contributed by atoms with Crippen LogP contribution in [0.25, 0.3) is 0 Å². The normalized spacial score (nSPS) is 19.4. The van der Waals surface area contributed by atoms with Crippen molar-refractivity contribution in [2.45, 2.75) is 18.4 Å². The quantitative estimate of drug-likeness (QED) is 0.849. The van der Waals surface area contributed by atoms with Gasteiger partial charge in [0, 0.05) is 31.5 Å². The Morgan fingerprint density at radius 1 is 1.44 bits per heavy atom. The van der Waals surface area contributed by atoms with Crippen LogP contribution in [0.2, 0.25) is 5.02 Å². The minimum absolute atomic E-state index is 0.106. The van der Waals surface area contributed by atoms with Gasteiger partial charge in [0.25, 0.3) is 0 Å². The molecule has 0 aliphatic carbocycles. The molecule has 1 aliphatic rings. The van der Waals surface area contributed by atoms with Crippen molar-refractivity contribution < 1.29 is 4.74 Å². The zero-order chi connectivity index (χ0) is 11.4. The number of hydrogen-bond acceptors (Lipinski definition) is 3. The smallest absolute Gasteiger partial charge is 0.0820 e. The van der Waals surface area contributed by atoms with E-state index in [9.17, 15) is 0 Å². The first kappa shape index (κ1) is 12.0. The summed E-state index contributed by atoms with van der Waals surface area (Å²) in [6.45, 7) is 1.48. The van der Waals surface area contributed by atoms with Gasteiger partial charge >= 0.3 is 0 Å². The molecule has 1 aromatic rings. The first-order valence-electron chi connectivity index (χ1n) is 5.27. The number of hydrogen-bond donors (Lipinski definition) is 1. The fourth-order valence-electron chi connectivity index (χ4n) is 1.82. The molecule has 0 aromatic carbocycles. The number of nitrogens with zero attached hydrogens (tertiary/aromatic N) is 1. The van der Waals surface area contributed by atoms with Gasteiger partial charge in [0.1, 0.15) is 0 Å². The molecule has 0 amide bonds. The van der Waals surface area contributed by atoms with Crippen LogP contribution >= 0.6 is 23.2 Å². The second kappa shape index (κ2) is 5.21. The molecular formula is C11H14Cl2N2O. The van der Waals surface area contributed by atoms with E-state index in [1.165, 1.54) is 0 Å². The molecule has 0 unspecified atom stereocenters. The number of nitrogens with one attached hydrogen (secondary N) is 1. The van der Waals surface area contributed by atoms with Crippen molar-refractivity contribution in [3.05, 3.63) is 23.5 Å². The second-order valence-corrected chi connectivity index (χ2v) is 4.68. The van der Waals surface area contributed by atoms with Gasteiger partial charge in [-0.05, 0) is 18.9 Å². The molecule has 2 heterocycles. The highest BCUT2D eigenvalue weighted by Crippen LogP contribution is 2.30. The van der Waals surface area contributed by atoms with Crippen LogP contribution in [0, 0.1) is 0 Å². The fourth-order valence-corrected chi connectivity index (χ4v) is 2.32. The third kappa shape index (κ3) is 2.59. The van der Waals surface area contributed by atoms with Gasteiger partial charge in [-0.3, -0.25) is 4.98 Å². The van der Waals surface area contributed by atoms with E-state index in [2.05, 4.69) is 10.3 Å². The summed E-state index contributed by atoms with van der Waals surface area (Å²) in [5.74, 6) is 0.551. The van der Waals surface area contributed by atoms with Crippen LogP contribution in [0.15, 0.2) is 18.5 Å². The largest absolute Gasteiger partial charge is 0.381 e. The predicted molar refractivity (Wildman–Crippen MR) is 66.4 cm³/mol. The van der Waals surface area contributed by atoms with Gasteiger partial charge in [0.05, 0.1) is 16.2 Å². The van der Waals surface area contributed by atoms with Gasteiger partial charge in [-0.2, -0.15) is 0 Å². The minimum Gasteiger partial charge on any atom is -0.381 e. The molecule has 0 bridgehead atoms. The van der Waals surface area contributed by atoms with Gasteiger partial charge in [-0.1, -0.05) is 11.6 Å². The Kier molecular flexibility index (Phi) is 3.90. The first-order valence-corrected chi connectivity index (χ1v) is 6.18. The van der Waals surface area contributed by atoms with Gasteiger partial charge in [-0.25, -0.2) is 0 Å². The molecule has 1 fully saturated rings. The fraction of sp³-hybridized carbons (Fsp3) is 0.545. The highest BCUT2D eigenvalue weighted by atomic mass is 35.5. The van der Waals surface area contributed by atoms with Gasteiger partial charge in [-0.15, -0.1) is 11.6 Å². The van der Waals surface area contributed by atoms with Crippen molar-refractivity contribution >= 4 is 28.9 Å². The van der Waals surface area contributed by atoms with E-state index >= 15 is 0 Å². The van der Waals surface area contributed by atoms with E-state index in [4.69, 9.17) is 27.9 Å². The Morgan fingerprint density at radius 2 is 2.19 bits per heavy atom. The molecule has 88 valence electrons. The molecule has 0 atom stereocenters. The lowest BCUT2D eigenvalue weighted by Gasteiger charge is -2.37. The Morgan fingerprint density at radius 3 is 2.81 bits per heavy atom. The lowest BCUT2D eigenvalue weighted by molar-refractivity contribution is 0.0668. The molecule has 1 aromatic heterocycles. The molecule has 1 N–H and O–H groups in total. The Balaban J connectivity index is 2.15. The van der Waals surface area contributed by atoms with Crippen molar-refractivity contribution in [1.29, 1.82) is 0 Å². The van der Waals surface area contributed by atoms with E-state index < -0.39 is 0 Å². The van der Waals surface area contributed by atoms with E-state index in [0.717, 1.165) is 31.7 Å². The number of ether oxygens (including phenoxy) is 1. The van der Waals surface area contributed by atoms with E-state index in [-0.39, 0.29) is 5.54 Å². The second-order valence-electron chi connectivity index (χ2n) is 4.01. The highest BCUT2D eigenvalue weighted by molar-refractivity contribution is 6.33. The molecule has 0 spiro atoms. The lowest BCUT2D eigenvalue weighted by atomic mass is 9.92. The number of pyridine rings is 1. The van der Waals surface area contributed by atoms with Crippen LogP contribution < -0.4 is 5.32 Å². The van der Waals surface area contributed by atoms with Crippen LogP contribution in [-0.4, -0.2) is 29.6 Å². The van der Waals surface area contributed by atoms with E-state index in [1.54, 1.807) is 12.4 Å². The molecule has 1 saturated heterocycles. The summed E-state index contributed by atoms with van der Waals surface area (Å²) in [5, 5.41) is 4.05. The van der Waals surface area contributed by atoms with Crippen molar-refractivity contribution in [3.8, 4) is 0 Å². The zero-order valence-corrected chi connectivity index (χ0v) is 10.4. The van der Waals surface area contributed by atoms with E-state index in [0.29, 0.717) is 10.9 Å². The Labute approximate surface area is 105 Å². The van der Waals surface area contributed by atoms with Gasteiger partial charge in [0.15, 0.2) is 0 Å². The highest BCUT2D eigenvalue weighted by Gasteiger charge is 2.32. The summed E-state index contributed by atoms with van der Waals surface area (Å²) < 4.78 is 5.35. The average molecular weight is 261 g/mol. The van der Waals surface area contributed by atoms with Crippen LogP contribution in [0.3, 0.4) is 0 Å². The van der Waals surface area contributed by atoms with Crippen LogP contribution in [-0.2, 0) is 4.74 Å². The first-order chi connectivity index (χ1) is 7.76. The summed E-state index contributed by atoms with van der Waals surface area (Å²) in [5.41, 5.74) is 0.782. The van der Waals surface area contributed by atoms with Crippen molar-refractivity contribution in [1.82, 2.24) is 4.98 Å². The maximum Gasteiger partial charge on any atom is 0.0820 e. The third-order valence-electron chi connectivity index (χ3n) is 2.88. The SMILES string of the molecule is ClCC1(Nc2ccncc2Cl)CCOCC1. The maximum absolute atomic E-state index is 6.06. The zero-order valence-electron chi connectivity index (χ0n) is 8.88. The molecular weight excluding hydrogens is 247 g/mol. The molecule has 5 heteroatoms. The minimum atomic E-state index is -0.106. The average Bonchev–Trinajstić information content (AvgIpc) is 2.33. The molecule has 0 radical (unpaired) electrons. The number of anilines is 1. The number of aromatic nitrogens is 1. The monoisotopic (exact) mass is 260 g/mol. The standard InChI is InChI=1S/C11H14Cl2N2O/c12-8-11(2-5-16-6-3-11)15-10-1-4-14-7-9(10)13/h1,4,7H,2-3,5-6,8H2,(H,14,15). The molecule has 1 aliphatic heterocycles. The van der Waals surface area contributed by atoms with Crippen molar-refractivity contribution in [3.63, 3.8) is 0 Å². The lowest BCUT2D eigenvalue weighted by Crippen LogP contribution is -2.45. The summed E-state index contributed by atoms with van der Waals surface area (Å²) in [6.07, 6.45) is 5.14. The number of alkyl halides is 1. The summed E-state index contributed by atoms with van der Waals surface area (Å²) in [4.78, 5) is 3.96. The molecule has 0 saturated carbocycles. The van der Waals surface area contributed by atoms with Crippen molar-refractivity contribution in [2.75, 3.05) is 24.4 Å². The van der Waals surface area contributed by atoms with Crippen LogP contribution in [0.4, 0.5) is 5.69 Å². The summed E-state index contributed by atoms with van der Waals surface area (Å²) in [6, 6.07) is 1.87. The summed E-state index contributed by atoms with van der Waals surface area (Å²) >= 11 is 12.1. The molecule has 3 nitrogen and oxygen atoms in total. The van der Waals surface area contributed by atoms with Crippen LogP contribution in [0.5, 0.6) is 0 Å². The van der Waals surface area contributed by atoms with Gasteiger partial charge in [0.2, 0.25) is 0 Å². The van der Waals surface area contributed by atoms with Gasteiger partial charge < -0.3 is 10.1 Å². The van der Waals surface area contributed by atoms with Crippen molar-refractivity contribution in [2.24, 2.45) is 0 Å². The third-order valence-corrected chi connectivity index (χ3v) is 3.69. The van der Waals surface area contributed by atoms with Crippen LogP contribution in [0.1, 0.15) is 12.8 Å². The Bertz CT molecular complexity index is 354. The maximum atomic E-state index is 6.06. The van der Waals surface area contributed by atoms with E-state index in [1.807, 2.05) is 6.07 Å². The predicted octanol–water partition coefficient (Wildman–Crippen LogP) is 2.93.